The molecule has 1 heterocycles. The van der Waals surface area contributed by atoms with Crippen molar-refractivity contribution in [3.8, 4) is 0 Å². The van der Waals surface area contributed by atoms with E-state index in [2.05, 4.69) is 25.7 Å². The fourth-order valence-corrected chi connectivity index (χ4v) is 7.68. The zero-order chi connectivity index (χ0) is 25.4. The summed E-state index contributed by atoms with van der Waals surface area (Å²) in [7, 11) is 0. The molecule has 3 aliphatic rings. The van der Waals surface area contributed by atoms with Crippen molar-refractivity contribution in [3.63, 3.8) is 0 Å². The maximum absolute atomic E-state index is 6.48. The largest absolute Gasteiger partial charge is 0.383 e. The van der Waals surface area contributed by atoms with Crippen molar-refractivity contribution < 1.29 is 4.74 Å². The van der Waals surface area contributed by atoms with Gasteiger partial charge in [-0.25, -0.2) is 0 Å². The molecule has 0 aromatic heterocycles. The average Bonchev–Trinajstić information content (AvgIpc) is 2.91. The van der Waals surface area contributed by atoms with E-state index in [1.165, 1.54) is 153 Å². The van der Waals surface area contributed by atoms with Crippen molar-refractivity contribution in [1.29, 1.82) is 0 Å². The first-order chi connectivity index (χ1) is 17.7. The zero-order valence-corrected chi connectivity index (χ0v) is 24.6. The topological polar surface area (TPSA) is 21.3 Å². The Morgan fingerprint density at radius 1 is 0.694 bits per heavy atom. The Balaban J connectivity index is 1.41. The molecule has 3 rings (SSSR count). The van der Waals surface area contributed by atoms with E-state index in [0.29, 0.717) is 18.1 Å². The number of ether oxygens (including phenoxy) is 1. The van der Waals surface area contributed by atoms with Gasteiger partial charge in [0, 0.05) is 12.3 Å². The highest BCUT2D eigenvalue weighted by Gasteiger charge is 2.41. The molecule has 36 heavy (non-hydrogen) atoms. The van der Waals surface area contributed by atoms with Gasteiger partial charge in [0.1, 0.15) is 0 Å². The Morgan fingerprint density at radius 2 is 1.31 bits per heavy atom. The first-order valence-corrected chi connectivity index (χ1v) is 16.8. The summed E-state index contributed by atoms with van der Waals surface area (Å²) in [4.78, 5) is 0. The first kappa shape index (κ1) is 30.0. The van der Waals surface area contributed by atoms with Crippen LogP contribution in [-0.4, -0.2) is 18.8 Å². The van der Waals surface area contributed by atoms with E-state index in [1.807, 2.05) is 0 Å². The molecular weight excluding hydrogens is 438 g/mol. The van der Waals surface area contributed by atoms with Crippen molar-refractivity contribution in [2.24, 2.45) is 23.7 Å². The Hall–Kier alpha value is -0.500. The second-order valence-electron chi connectivity index (χ2n) is 13.0. The van der Waals surface area contributed by atoms with Gasteiger partial charge in [0.2, 0.25) is 0 Å². The number of nitrogens with one attached hydrogen (secondary N) is 1. The molecule has 4 unspecified atom stereocenters. The molecule has 0 radical (unpaired) electrons. The minimum atomic E-state index is 0.433. The Kier molecular flexibility index (Phi) is 14.9. The predicted molar refractivity (Wildman–Crippen MR) is 157 cm³/mol. The Labute approximate surface area is 226 Å². The summed E-state index contributed by atoms with van der Waals surface area (Å²) in [6.07, 6.45) is 32.8. The van der Waals surface area contributed by atoms with Gasteiger partial charge in [0.25, 0.3) is 0 Å². The van der Waals surface area contributed by atoms with Gasteiger partial charge in [-0.1, -0.05) is 110 Å². The molecule has 0 aromatic rings. The van der Waals surface area contributed by atoms with Crippen LogP contribution in [0.5, 0.6) is 0 Å². The highest BCUT2D eigenvalue weighted by Crippen LogP contribution is 2.41. The van der Waals surface area contributed by atoms with Crippen molar-refractivity contribution >= 4 is 0 Å². The highest BCUT2D eigenvalue weighted by molar-refractivity contribution is 5.06. The van der Waals surface area contributed by atoms with E-state index in [9.17, 15) is 0 Å². The number of rotatable bonds is 18. The predicted octanol–water partition coefficient (Wildman–Crippen LogP) is 10.4. The van der Waals surface area contributed by atoms with Crippen molar-refractivity contribution in [3.05, 3.63) is 12.3 Å². The van der Waals surface area contributed by atoms with Gasteiger partial charge < -0.3 is 10.1 Å². The molecular formula is C34H63NO. The lowest BCUT2D eigenvalue weighted by molar-refractivity contribution is -0.0813. The quantitative estimate of drug-likeness (QED) is 0.189. The maximum Gasteiger partial charge on any atom is 0.0806 e. The van der Waals surface area contributed by atoms with E-state index < -0.39 is 0 Å². The third-order valence-electron chi connectivity index (χ3n) is 10.1. The second-order valence-corrected chi connectivity index (χ2v) is 13.0. The second kappa shape index (κ2) is 17.9. The molecule has 2 nitrogen and oxygen atoms in total. The van der Waals surface area contributed by atoms with Crippen LogP contribution in [0.4, 0.5) is 0 Å². The van der Waals surface area contributed by atoms with Crippen LogP contribution in [-0.2, 0) is 4.74 Å². The molecule has 210 valence electrons. The van der Waals surface area contributed by atoms with Gasteiger partial charge in [-0.3, -0.25) is 0 Å². The maximum atomic E-state index is 6.48. The van der Waals surface area contributed by atoms with Gasteiger partial charge in [-0.15, -0.1) is 0 Å². The molecule has 2 heteroatoms. The summed E-state index contributed by atoms with van der Waals surface area (Å²) in [6.45, 7) is 10.2. The lowest BCUT2D eigenvalue weighted by atomic mass is 9.71. The summed E-state index contributed by atoms with van der Waals surface area (Å²) < 4.78 is 6.48. The van der Waals surface area contributed by atoms with Gasteiger partial charge in [0.05, 0.1) is 12.1 Å². The summed E-state index contributed by atoms with van der Waals surface area (Å²) in [5.41, 5.74) is 1.36. The van der Waals surface area contributed by atoms with Gasteiger partial charge >= 0.3 is 0 Å². The summed E-state index contributed by atoms with van der Waals surface area (Å²) in [5, 5.41) is 4.07. The molecule has 1 N–H and O–H groups in total. The molecule has 3 fully saturated rings. The fraction of sp³-hybridized carbons (Fsp3) is 0.941. The van der Waals surface area contributed by atoms with E-state index >= 15 is 0 Å². The number of allylic oxidation sites excluding steroid dienone is 1. The lowest BCUT2D eigenvalue weighted by Crippen LogP contribution is -2.54. The Morgan fingerprint density at radius 3 is 1.97 bits per heavy atom. The molecule has 2 aliphatic carbocycles. The highest BCUT2D eigenvalue weighted by atomic mass is 16.5. The summed E-state index contributed by atoms with van der Waals surface area (Å²) in [5.74, 6) is 3.23. The molecule has 0 amide bonds. The Bertz CT molecular complexity index is 566. The number of unbranched alkanes of at least 4 members (excludes halogenated alkanes) is 11. The number of hydrogen-bond acceptors (Lipinski definition) is 2. The van der Waals surface area contributed by atoms with E-state index in [-0.39, 0.29) is 0 Å². The van der Waals surface area contributed by atoms with E-state index in [0.717, 1.165) is 24.4 Å². The summed E-state index contributed by atoms with van der Waals surface area (Å²) >= 11 is 0. The molecule has 1 aliphatic heterocycles. The van der Waals surface area contributed by atoms with Crippen molar-refractivity contribution in [2.75, 3.05) is 6.61 Å². The monoisotopic (exact) mass is 501 g/mol. The van der Waals surface area contributed by atoms with Crippen LogP contribution < -0.4 is 5.32 Å². The smallest absolute Gasteiger partial charge is 0.0806 e. The van der Waals surface area contributed by atoms with E-state index in [1.54, 1.807) is 0 Å². The van der Waals surface area contributed by atoms with Crippen LogP contribution in [0.1, 0.15) is 162 Å². The van der Waals surface area contributed by atoms with Crippen molar-refractivity contribution in [1.82, 2.24) is 5.32 Å². The number of fused-ring (bicyclic) bond motifs is 1. The van der Waals surface area contributed by atoms with Crippen molar-refractivity contribution in [2.45, 2.75) is 174 Å². The van der Waals surface area contributed by atoms with Crippen LogP contribution in [0.3, 0.4) is 0 Å². The van der Waals surface area contributed by atoms with Gasteiger partial charge in [0.15, 0.2) is 0 Å². The molecule has 0 bridgehead atoms. The average molecular weight is 502 g/mol. The standard InChI is InChI=1S/C34H63NO/c1-4-6-8-10-11-12-14-16-19-31-25-26-32-20-17-27-36-34(32)33(31)35-28(3)30-23-21-29(22-24-30)18-15-13-9-7-5-2/h29-35H,3-27H2,1-2H3. The minimum absolute atomic E-state index is 0.433. The van der Waals surface area contributed by atoms with Crippen LogP contribution in [0.2, 0.25) is 0 Å². The van der Waals surface area contributed by atoms with Gasteiger partial charge in [-0.05, 0) is 81.5 Å². The third kappa shape index (κ3) is 10.3. The first-order valence-electron chi connectivity index (χ1n) is 16.8. The zero-order valence-electron chi connectivity index (χ0n) is 24.6. The molecule has 0 aromatic carbocycles. The fourth-order valence-electron chi connectivity index (χ4n) is 7.68. The number of hydrogen-bond donors (Lipinski definition) is 1. The van der Waals surface area contributed by atoms with Crippen LogP contribution in [0, 0.1) is 23.7 Å². The van der Waals surface area contributed by atoms with Crippen LogP contribution in [0.25, 0.3) is 0 Å². The van der Waals surface area contributed by atoms with Crippen LogP contribution >= 0.6 is 0 Å². The minimum Gasteiger partial charge on any atom is -0.383 e. The lowest BCUT2D eigenvalue weighted by Gasteiger charge is -2.47. The van der Waals surface area contributed by atoms with E-state index in [4.69, 9.17) is 4.74 Å². The van der Waals surface area contributed by atoms with Gasteiger partial charge in [-0.2, -0.15) is 0 Å². The molecule has 0 spiro atoms. The molecule has 1 saturated heterocycles. The third-order valence-corrected chi connectivity index (χ3v) is 10.1. The SMILES string of the molecule is C=C(NC1C(CCCCCCCCCC)CCC2CCCOC21)C1CCC(CCCCCCC)CC1. The van der Waals surface area contributed by atoms with Crippen LogP contribution in [0.15, 0.2) is 12.3 Å². The molecule has 2 saturated carbocycles. The summed E-state index contributed by atoms with van der Waals surface area (Å²) in [6, 6.07) is 0.511. The normalized spacial score (nSPS) is 30.6. The molecule has 4 atom stereocenters.